The number of hydrogen-bond acceptors (Lipinski definition) is 3. The zero-order chi connectivity index (χ0) is 15.0. The summed E-state index contributed by atoms with van der Waals surface area (Å²) in [6.45, 7) is 0.717. The number of carbonyl (C=O) groups excluding carboxylic acids is 1. The fourth-order valence-electron chi connectivity index (χ4n) is 2.40. The summed E-state index contributed by atoms with van der Waals surface area (Å²) in [5, 5.41) is 3.82. The van der Waals surface area contributed by atoms with E-state index in [0.717, 1.165) is 10.8 Å². The molecule has 0 spiro atoms. The molecule has 21 heavy (non-hydrogen) atoms. The van der Waals surface area contributed by atoms with Crippen molar-refractivity contribution in [2.24, 2.45) is 0 Å². The number of nitrogens with zero attached hydrogens (tertiary/aromatic N) is 1. The summed E-state index contributed by atoms with van der Waals surface area (Å²) in [6, 6.07) is 10.2. The standard InChI is InChI=1S/C14H13ClN2O3S/c15-12-3-1-11-8-13(4-2-10(11)7-12)21(19,20)17-6-5-16-14(18)9-17/h1-4,7-8H,5-6,9H2,(H,16,18)/p+1. The lowest BCUT2D eigenvalue weighted by molar-refractivity contribution is -0.574. The maximum absolute atomic E-state index is 12.6. The molecule has 1 amide bonds. The Morgan fingerprint density at radius 1 is 1.10 bits per heavy atom. The Morgan fingerprint density at radius 2 is 1.81 bits per heavy atom. The van der Waals surface area contributed by atoms with Crippen molar-refractivity contribution in [3.05, 3.63) is 41.4 Å². The third-order valence-corrected chi connectivity index (χ3v) is 5.57. The van der Waals surface area contributed by atoms with Crippen molar-refractivity contribution in [2.45, 2.75) is 4.90 Å². The lowest BCUT2D eigenvalue weighted by atomic mass is 10.1. The number of hydrogen-bond donors (Lipinski definition) is 1. The molecule has 0 aromatic heterocycles. The Labute approximate surface area is 127 Å². The number of rotatable bonds is 2. The van der Waals surface area contributed by atoms with Gasteiger partial charge in [0.15, 0.2) is 0 Å². The summed E-state index contributed by atoms with van der Waals surface area (Å²) < 4.78 is 26.4. The number of primary amides is 1. The lowest BCUT2D eigenvalue weighted by Crippen LogP contribution is -2.93. The lowest BCUT2D eigenvalue weighted by Gasteiger charge is -2.23. The van der Waals surface area contributed by atoms with Gasteiger partial charge in [-0.05, 0) is 35.0 Å². The van der Waals surface area contributed by atoms with Crippen molar-refractivity contribution in [1.29, 1.82) is 0 Å². The largest absolute Gasteiger partial charge is 0.325 e. The first kappa shape index (κ1) is 14.5. The van der Waals surface area contributed by atoms with Crippen LogP contribution in [0, 0.1) is 0 Å². The molecule has 110 valence electrons. The van der Waals surface area contributed by atoms with Gasteiger partial charge in [-0.15, -0.1) is 0 Å². The summed E-state index contributed by atoms with van der Waals surface area (Å²) in [5.41, 5.74) is 0. The van der Waals surface area contributed by atoms with Crippen molar-refractivity contribution >= 4 is 38.3 Å². The van der Waals surface area contributed by atoms with Gasteiger partial charge in [-0.2, -0.15) is 4.31 Å². The molecule has 0 aliphatic carbocycles. The van der Waals surface area contributed by atoms with Gasteiger partial charge in [0.2, 0.25) is 10.0 Å². The number of amides is 1. The van der Waals surface area contributed by atoms with Crippen LogP contribution in [0.3, 0.4) is 0 Å². The third-order valence-electron chi connectivity index (χ3n) is 3.49. The second-order valence-corrected chi connectivity index (χ2v) is 7.33. The number of sulfonamides is 1. The van der Waals surface area contributed by atoms with E-state index in [2.05, 4.69) is 0 Å². The molecule has 0 radical (unpaired) electrons. The number of carbonyl (C=O) groups is 1. The van der Waals surface area contributed by atoms with Crippen LogP contribution in [-0.4, -0.2) is 38.3 Å². The molecule has 7 heteroatoms. The molecule has 1 fully saturated rings. The fraction of sp³-hybridized carbons (Fsp3) is 0.214. The van der Waals surface area contributed by atoms with Crippen LogP contribution in [0.15, 0.2) is 41.3 Å². The van der Waals surface area contributed by atoms with Gasteiger partial charge < -0.3 is 0 Å². The van der Waals surface area contributed by atoms with Crippen LogP contribution in [0.4, 0.5) is 0 Å². The van der Waals surface area contributed by atoms with Gasteiger partial charge in [0.1, 0.15) is 6.54 Å². The van der Waals surface area contributed by atoms with Gasteiger partial charge >= 0.3 is 5.91 Å². The molecular formula is C14H14ClN2O3S+. The van der Waals surface area contributed by atoms with Crippen LogP contribution in [0.25, 0.3) is 10.8 Å². The van der Waals surface area contributed by atoms with Gasteiger partial charge in [0, 0.05) is 5.02 Å². The molecule has 1 saturated heterocycles. The van der Waals surface area contributed by atoms with Crippen LogP contribution in [0.1, 0.15) is 0 Å². The minimum Gasteiger partial charge on any atom is -0.281 e. The molecule has 1 heterocycles. The van der Waals surface area contributed by atoms with E-state index in [4.69, 9.17) is 11.6 Å². The highest BCUT2D eigenvalue weighted by Crippen LogP contribution is 2.24. The predicted octanol–water partition coefficient (Wildman–Crippen LogP) is 0.587. The molecule has 2 aromatic rings. The number of benzene rings is 2. The van der Waals surface area contributed by atoms with E-state index in [1.54, 1.807) is 36.4 Å². The highest BCUT2D eigenvalue weighted by Gasteiger charge is 2.31. The number of fused-ring (bicyclic) bond motifs is 1. The third kappa shape index (κ3) is 2.80. The molecule has 0 atom stereocenters. The van der Waals surface area contributed by atoms with E-state index >= 15 is 0 Å². The zero-order valence-corrected chi connectivity index (χ0v) is 12.7. The van der Waals surface area contributed by atoms with Crippen LogP contribution < -0.4 is 5.32 Å². The average Bonchev–Trinajstić information content (AvgIpc) is 2.46. The molecule has 2 N–H and O–H groups in total. The van der Waals surface area contributed by atoms with Crippen molar-refractivity contribution in [1.82, 2.24) is 4.31 Å². The summed E-state index contributed by atoms with van der Waals surface area (Å²) in [5.74, 6) is -0.155. The Hall–Kier alpha value is -1.47. The second-order valence-electron chi connectivity index (χ2n) is 4.95. The quantitative estimate of drug-likeness (QED) is 0.878. The van der Waals surface area contributed by atoms with E-state index in [0.29, 0.717) is 18.1 Å². The van der Waals surface area contributed by atoms with Crippen molar-refractivity contribution < 1.29 is 18.5 Å². The number of nitrogens with two attached hydrogens (primary N) is 1. The van der Waals surface area contributed by atoms with E-state index in [1.807, 2.05) is 0 Å². The highest BCUT2D eigenvalue weighted by molar-refractivity contribution is 7.89. The van der Waals surface area contributed by atoms with Crippen LogP contribution in [-0.2, 0) is 14.8 Å². The minimum atomic E-state index is -3.64. The number of quaternary nitrogens is 1. The molecular weight excluding hydrogens is 312 g/mol. The Balaban J connectivity index is 2.02. The van der Waals surface area contributed by atoms with Crippen LogP contribution in [0.2, 0.25) is 5.02 Å². The molecule has 1 aliphatic heterocycles. The predicted molar refractivity (Wildman–Crippen MR) is 79.5 cm³/mol. The second kappa shape index (κ2) is 5.38. The van der Waals surface area contributed by atoms with Gasteiger partial charge in [-0.25, -0.2) is 13.2 Å². The molecule has 3 rings (SSSR count). The van der Waals surface area contributed by atoms with Gasteiger partial charge in [0.25, 0.3) is 0 Å². The Kier molecular flexibility index (Phi) is 3.71. The van der Waals surface area contributed by atoms with E-state index in [9.17, 15) is 13.2 Å². The molecule has 1 aliphatic rings. The fourth-order valence-corrected chi connectivity index (χ4v) is 4.03. The van der Waals surface area contributed by atoms with Gasteiger partial charge in [-0.1, -0.05) is 23.7 Å². The summed E-state index contributed by atoms with van der Waals surface area (Å²) in [7, 11) is -3.64. The van der Waals surface area contributed by atoms with E-state index < -0.39 is 10.0 Å². The first-order chi connectivity index (χ1) is 9.96. The number of piperazine rings is 1. The van der Waals surface area contributed by atoms with Crippen molar-refractivity contribution in [3.63, 3.8) is 0 Å². The first-order valence-corrected chi connectivity index (χ1v) is 8.34. The zero-order valence-electron chi connectivity index (χ0n) is 11.1. The normalized spacial score (nSPS) is 17.3. The van der Waals surface area contributed by atoms with Crippen LogP contribution >= 0.6 is 11.6 Å². The molecule has 0 bridgehead atoms. The molecule has 2 aromatic carbocycles. The Morgan fingerprint density at radius 3 is 2.57 bits per heavy atom. The summed E-state index contributed by atoms with van der Waals surface area (Å²) in [4.78, 5) is 11.6. The molecule has 0 unspecified atom stereocenters. The Bertz CT molecular complexity index is 820. The van der Waals surface area contributed by atoms with Crippen molar-refractivity contribution in [3.8, 4) is 0 Å². The van der Waals surface area contributed by atoms with Crippen molar-refractivity contribution in [2.75, 3.05) is 19.6 Å². The van der Waals surface area contributed by atoms with Crippen LogP contribution in [0.5, 0.6) is 0 Å². The average molecular weight is 326 g/mol. The van der Waals surface area contributed by atoms with Gasteiger partial charge in [-0.3, -0.25) is 5.32 Å². The summed E-state index contributed by atoms with van der Waals surface area (Å²) >= 11 is 5.92. The highest BCUT2D eigenvalue weighted by atomic mass is 35.5. The van der Waals surface area contributed by atoms with E-state index in [1.165, 1.54) is 9.62 Å². The maximum atomic E-state index is 12.6. The number of halogens is 1. The topological polar surface area (TPSA) is 71.1 Å². The summed E-state index contributed by atoms with van der Waals surface area (Å²) in [6.07, 6.45) is 0. The SMILES string of the molecule is O=C1CN(S(=O)(=O)c2ccc3cc(Cl)ccc3c2)CC[NH2+]1. The molecule has 0 saturated carbocycles. The molecule has 5 nitrogen and oxygen atoms in total. The van der Waals surface area contributed by atoms with E-state index in [-0.39, 0.29) is 17.3 Å². The first-order valence-electron chi connectivity index (χ1n) is 6.52. The minimum absolute atomic E-state index is 0.0824. The monoisotopic (exact) mass is 325 g/mol. The van der Waals surface area contributed by atoms with Gasteiger partial charge in [0.05, 0.1) is 18.0 Å². The smallest absolute Gasteiger partial charge is 0.281 e. The maximum Gasteiger partial charge on any atom is 0.325 e.